The zero-order valence-corrected chi connectivity index (χ0v) is 14.1. The molecule has 5 heteroatoms. The van der Waals surface area contributed by atoms with E-state index in [4.69, 9.17) is 4.74 Å². The van der Waals surface area contributed by atoms with Crippen LogP contribution in [0.2, 0.25) is 0 Å². The third kappa shape index (κ3) is 6.91. The van der Waals surface area contributed by atoms with E-state index in [9.17, 15) is 4.79 Å². The second-order valence-corrected chi connectivity index (χ2v) is 6.58. The van der Waals surface area contributed by atoms with Crippen molar-refractivity contribution in [1.29, 1.82) is 0 Å². The summed E-state index contributed by atoms with van der Waals surface area (Å²) in [5, 5.41) is 6.08. The first-order valence-electron chi connectivity index (χ1n) is 6.73. The van der Waals surface area contributed by atoms with E-state index < -0.39 is 5.60 Å². The molecule has 0 aromatic heterocycles. The van der Waals surface area contributed by atoms with Gasteiger partial charge in [-0.2, -0.15) is 0 Å². The Morgan fingerprint density at radius 2 is 2.05 bits per heavy atom. The zero-order valence-electron chi connectivity index (χ0n) is 12.5. The fraction of sp³-hybridized carbons (Fsp3) is 0.533. The van der Waals surface area contributed by atoms with Gasteiger partial charge in [0.2, 0.25) is 0 Å². The van der Waals surface area contributed by atoms with Gasteiger partial charge in [0.05, 0.1) is 0 Å². The van der Waals surface area contributed by atoms with Crippen molar-refractivity contribution in [2.75, 3.05) is 13.1 Å². The van der Waals surface area contributed by atoms with Crippen molar-refractivity contribution in [3.05, 3.63) is 34.3 Å². The number of carbonyl (C=O) groups is 1. The number of alkyl carbamates (subject to hydrolysis) is 1. The molecule has 0 aliphatic rings. The molecule has 0 spiro atoms. The summed E-state index contributed by atoms with van der Waals surface area (Å²) in [6.45, 7) is 8.86. The average molecular weight is 343 g/mol. The van der Waals surface area contributed by atoms with Gasteiger partial charge in [-0.25, -0.2) is 4.79 Å². The molecule has 20 heavy (non-hydrogen) atoms. The van der Waals surface area contributed by atoms with E-state index in [1.165, 1.54) is 5.56 Å². The van der Waals surface area contributed by atoms with E-state index in [-0.39, 0.29) is 12.1 Å². The van der Waals surface area contributed by atoms with Crippen molar-refractivity contribution in [2.24, 2.45) is 0 Å². The summed E-state index contributed by atoms with van der Waals surface area (Å²) >= 11 is 3.46. The standard InChI is InChI=1S/C15H23BrN2O2/c1-11(12-6-5-7-13(16)10-12)17-8-9-18-14(19)20-15(2,3)4/h5-7,10-11,17H,8-9H2,1-4H3,(H,18,19)/t11-/m0/s1. The Hall–Kier alpha value is -1.07. The molecule has 1 aromatic carbocycles. The van der Waals surface area contributed by atoms with Crippen molar-refractivity contribution in [3.63, 3.8) is 0 Å². The fourth-order valence-electron chi connectivity index (χ4n) is 1.66. The number of benzene rings is 1. The number of hydrogen-bond donors (Lipinski definition) is 2. The monoisotopic (exact) mass is 342 g/mol. The topological polar surface area (TPSA) is 50.4 Å². The van der Waals surface area contributed by atoms with Crippen molar-refractivity contribution >= 4 is 22.0 Å². The number of carbonyl (C=O) groups excluding carboxylic acids is 1. The van der Waals surface area contributed by atoms with Crippen molar-refractivity contribution in [3.8, 4) is 0 Å². The first-order valence-corrected chi connectivity index (χ1v) is 7.53. The Kier molecular flexibility index (Phi) is 6.49. The smallest absolute Gasteiger partial charge is 0.407 e. The van der Waals surface area contributed by atoms with E-state index in [1.54, 1.807) is 0 Å². The largest absolute Gasteiger partial charge is 0.444 e. The Bertz CT molecular complexity index is 444. The Labute approximate surface area is 129 Å². The Morgan fingerprint density at radius 1 is 1.35 bits per heavy atom. The van der Waals surface area contributed by atoms with Gasteiger partial charge in [-0.3, -0.25) is 0 Å². The van der Waals surface area contributed by atoms with E-state index >= 15 is 0 Å². The van der Waals surface area contributed by atoms with Crippen molar-refractivity contribution < 1.29 is 9.53 Å². The predicted molar refractivity (Wildman–Crippen MR) is 84.8 cm³/mol. The minimum Gasteiger partial charge on any atom is -0.444 e. The molecule has 1 amide bonds. The van der Waals surface area contributed by atoms with Gasteiger partial charge in [0.1, 0.15) is 5.60 Å². The van der Waals surface area contributed by atoms with Crippen LogP contribution >= 0.6 is 15.9 Å². The molecule has 1 atom stereocenters. The maximum atomic E-state index is 11.5. The lowest BCUT2D eigenvalue weighted by atomic mass is 10.1. The highest BCUT2D eigenvalue weighted by Crippen LogP contribution is 2.17. The molecular weight excluding hydrogens is 320 g/mol. The minimum atomic E-state index is -0.457. The molecule has 0 heterocycles. The molecule has 0 bridgehead atoms. The molecule has 0 fully saturated rings. The summed E-state index contributed by atoms with van der Waals surface area (Å²) in [6, 6.07) is 8.40. The first-order chi connectivity index (χ1) is 9.28. The quantitative estimate of drug-likeness (QED) is 0.803. The molecular formula is C15H23BrN2O2. The van der Waals surface area contributed by atoms with Crippen LogP contribution < -0.4 is 10.6 Å². The third-order valence-electron chi connectivity index (χ3n) is 2.59. The number of amides is 1. The highest BCUT2D eigenvalue weighted by molar-refractivity contribution is 9.10. The van der Waals surface area contributed by atoms with Crippen LogP contribution in [0, 0.1) is 0 Å². The SMILES string of the molecule is C[C@H](NCCNC(=O)OC(C)(C)C)c1cccc(Br)c1. The van der Waals surface area contributed by atoms with Crippen molar-refractivity contribution in [1.82, 2.24) is 10.6 Å². The van der Waals surface area contributed by atoms with Gasteiger partial charge < -0.3 is 15.4 Å². The Morgan fingerprint density at radius 3 is 2.65 bits per heavy atom. The third-order valence-corrected chi connectivity index (χ3v) is 3.09. The van der Waals surface area contributed by atoms with Crippen LogP contribution in [-0.4, -0.2) is 24.8 Å². The summed E-state index contributed by atoms with van der Waals surface area (Å²) in [5.41, 5.74) is 0.748. The molecule has 0 aliphatic carbocycles. The van der Waals surface area contributed by atoms with Crippen LogP contribution in [0.15, 0.2) is 28.7 Å². The highest BCUT2D eigenvalue weighted by atomic mass is 79.9. The molecule has 0 unspecified atom stereocenters. The van der Waals surface area contributed by atoms with E-state index in [0.29, 0.717) is 13.1 Å². The van der Waals surface area contributed by atoms with Crippen LogP contribution in [0.1, 0.15) is 39.3 Å². The van der Waals surface area contributed by atoms with Crippen LogP contribution in [0.4, 0.5) is 4.79 Å². The molecule has 2 N–H and O–H groups in total. The average Bonchev–Trinajstić information content (AvgIpc) is 2.32. The lowest BCUT2D eigenvalue weighted by molar-refractivity contribution is 0.0528. The van der Waals surface area contributed by atoms with Gasteiger partial charge in [0, 0.05) is 23.6 Å². The summed E-state index contributed by atoms with van der Waals surface area (Å²) in [4.78, 5) is 11.5. The lowest BCUT2D eigenvalue weighted by Gasteiger charge is -2.20. The lowest BCUT2D eigenvalue weighted by Crippen LogP contribution is -2.36. The van der Waals surface area contributed by atoms with Crippen LogP contribution in [0.5, 0.6) is 0 Å². The normalized spacial score (nSPS) is 12.8. The number of halogens is 1. The molecule has 1 rings (SSSR count). The minimum absolute atomic E-state index is 0.230. The van der Waals surface area contributed by atoms with E-state index in [1.807, 2.05) is 32.9 Å². The summed E-state index contributed by atoms with van der Waals surface area (Å²) in [6.07, 6.45) is -0.380. The second-order valence-electron chi connectivity index (χ2n) is 5.66. The van der Waals surface area contributed by atoms with Gasteiger partial charge in [-0.1, -0.05) is 28.1 Å². The molecule has 0 aliphatic heterocycles. The molecule has 112 valence electrons. The molecule has 0 saturated carbocycles. The first kappa shape index (κ1) is 17.0. The van der Waals surface area contributed by atoms with Crippen LogP contribution in [0.3, 0.4) is 0 Å². The maximum Gasteiger partial charge on any atom is 0.407 e. The predicted octanol–water partition coefficient (Wildman–Crippen LogP) is 3.62. The van der Waals surface area contributed by atoms with Crippen molar-refractivity contribution in [2.45, 2.75) is 39.3 Å². The van der Waals surface area contributed by atoms with Gasteiger partial charge in [-0.15, -0.1) is 0 Å². The zero-order chi connectivity index (χ0) is 15.2. The van der Waals surface area contributed by atoms with Gasteiger partial charge in [-0.05, 0) is 45.4 Å². The summed E-state index contributed by atoms with van der Waals surface area (Å²) < 4.78 is 6.23. The number of nitrogens with one attached hydrogen (secondary N) is 2. The molecule has 0 radical (unpaired) electrons. The maximum absolute atomic E-state index is 11.5. The van der Waals surface area contributed by atoms with E-state index in [2.05, 4.69) is 45.6 Å². The van der Waals surface area contributed by atoms with Gasteiger partial charge in [0.15, 0.2) is 0 Å². The highest BCUT2D eigenvalue weighted by Gasteiger charge is 2.15. The second kappa shape index (κ2) is 7.64. The molecule has 1 aromatic rings. The molecule has 0 saturated heterocycles. The van der Waals surface area contributed by atoms with Crippen LogP contribution in [0.25, 0.3) is 0 Å². The summed E-state index contributed by atoms with van der Waals surface area (Å²) in [5.74, 6) is 0. The van der Waals surface area contributed by atoms with Gasteiger partial charge >= 0.3 is 6.09 Å². The number of hydrogen-bond acceptors (Lipinski definition) is 3. The number of ether oxygens (including phenoxy) is 1. The Balaban J connectivity index is 2.26. The van der Waals surface area contributed by atoms with Gasteiger partial charge in [0.25, 0.3) is 0 Å². The molecule has 4 nitrogen and oxygen atoms in total. The summed E-state index contributed by atoms with van der Waals surface area (Å²) in [7, 11) is 0. The van der Waals surface area contributed by atoms with Crippen LogP contribution in [-0.2, 0) is 4.74 Å². The fourth-order valence-corrected chi connectivity index (χ4v) is 2.08. The number of rotatable bonds is 5. The van der Waals surface area contributed by atoms with E-state index in [0.717, 1.165) is 4.47 Å².